The molecule has 0 radical (unpaired) electrons. The number of methoxy groups -OCH3 is 2. The van der Waals surface area contributed by atoms with Crippen molar-refractivity contribution in [3.63, 3.8) is 0 Å². The van der Waals surface area contributed by atoms with E-state index in [0.29, 0.717) is 23.8 Å². The van der Waals surface area contributed by atoms with Crippen LogP contribution in [0.3, 0.4) is 0 Å². The van der Waals surface area contributed by atoms with E-state index in [9.17, 15) is 4.79 Å². The average molecular weight is 306 g/mol. The number of nitrogens with two attached hydrogens (primary N) is 1. The van der Waals surface area contributed by atoms with E-state index in [1.54, 1.807) is 14.2 Å². The largest absolute Gasteiger partial charge is 0.496 e. The first kappa shape index (κ1) is 16.6. The first-order valence-electron chi connectivity index (χ1n) is 7.80. The fraction of sp³-hybridized carbons (Fsp3) is 0.588. The summed E-state index contributed by atoms with van der Waals surface area (Å²) in [7, 11) is 3.21. The lowest BCUT2D eigenvalue weighted by atomic mass is 9.92. The van der Waals surface area contributed by atoms with Crippen molar-refractivity contribution in [3.05, 3.63) is 23.8 Å². The molecule has 0 bridgehead atoms. The second kappa shape index (κ2) is 7.49. The molecule has 2 atom stereocenters. The number of carbonyl (C=O) groups is 1. The van der Waals surface area contributed by atoms with E-state index in [2.05, 4.69) is 0 Å². The second-order valence-corrected chi connectivity index (χ2v) is 5.92. The highest BCUT2D eigenvalue weighted by molar-refractivity contribution is 5.80. The Balaban J connectivity index is 2.12. The molecular formula is C17H26N2O3. The number of nitrogens with zero attached hydrogens (tertiary/aromatic N) is 1. The van der Waals surface area contributed by atoms with Crippen molar-refractivity contribution in [3.8, 4) is 11.5 Å². The van der Waals surface area contributed by atoms with Crippen molar-refractivity contribution in [1.82, 2.24) is 4.90 Å². The SMILES string of the molecule is COc1cccc(OC)c1CC(=O)N1CCCC(C(C)N)C1. The van der Waals surface area contributed by atoms with Crippen molar-refractivity contribution in [2.24, 2.45) is 11.7 Å². The van der Waals surface area contributed by atoms with Crippen LogP contribution in [0, 0.1) is 5.92 Å². The topological polar surface area (TPSA) is 64.8 Å². The highest BCUT2D eigenvalue weighted by atomic mass is 16.5. The summed E-state index contributed by atoms with van der Waals surface area (Å²) < 4.78 is 10.7. The summed E-state index contributed by atoms with van der Waals surface area (Å²) in [5.74, 6) is 1.87. The summed E-state index contributed by atoms with van der Waals surface area (Å²) in [5.41, 5.74) is 6.80. The van der Waals surface area contributed by atoms with E-state index < -0.39 is 0 Å². The normalized spacial score (nSPS) is 19.6. The zero-order valence-corrected chi connectivity index (χ0v) is 13.7. The van der Waals surface area contributed by atoms with E-state index >= 15 is 0 Å². The molecule has 1 aliphatic heterocycles. The van der Waals surface area contributed by atoms with Crippen molar-refractivity contribution in [1.29, 1.82) is 0 Å². The Morgan fingerprint density at radius 3 is 2.55 bits per heavy atom. The molecule has 122 valence electrons. The maximum atomic E-state index is 12.6. The molecule has 1 fully saturated rings. The van der Waals surface area contributed by atoms with Gasteiger partial charge in [-0.05, 0) is 37.8 Å². The molecule has 5 nitrogen and oxygen atoms in total. The molecule has 1 aliphatic rings. The van der Waals surface area contributed by atoms with E-state index in [0.717, 1.165) is 31.5 Å². The lowest BCUT2D eigenvalue weighted by Gasteiger charge is -2.34. The summed E-state index contributed by atoms with van der Waals surface area (Å²) in [5, 5.41) is 0. The van der Waals surface area contributed by atoms with Gasteiger partial charge in [0, 0.05) is 24.7 Å². The van der Waals surface area contributed by atoms with Crippen LogP contribution in [0.4, 0.5) is 0 Å². The fourth-order valence-electron chi connectivity index (χ4n) is 3.03. The maximum absolute atomic E-state index is 12.6. The molecular weight excluding hydrogens is 280 g/mol. The van der Waals surface area contributed by atoms with Gasteiger partial charge in [0.2, 0.25) is 5.91 Å². The minimum absolute atomic E-state index is 0.105. The molecule has 0 aromatic heterocycles. The number of likely N-dealkylation sites (tertiary alicyclic amines) is 1. The second-order valence-electron chi connectivity index (χ2n) is 5.92. The molecule has 0 aliphatic carbocycles. The molecule has 2 N–H and O–H groups in total. The van der Waals surface area contributed by atoms with Crippen LogP contribution in [-0.4, -0.2) is 44.2 Å². The Morgan fingerprint density at radius 1 is 1.36 bits per heavy atom. The first-order valence-corrected chi connectivity index (χ1v) is 7.80. The van der Waals surface area contributed by atoms with Gasteiger partial charge in [0.05, 0.1) is 20.6 Å². The minimum Gasteiger partial charge on any atom is -0.496 e. The predicted molar refractivity (Wildman–Crippen MR) is 86.2 cm³/mol. The Morgan fingerprint density at radius 2 is 2.00 bits per heavy atom. The summed E-state index contributed by atoms with van der Waals surface area (Å²) in [6, 6.07) is 5.69. The van der Waals surface area contributed by atoms with Crippen LogP contribution in [0.25, 0.3) is 0 Å². The van der Waals surface area contributed by atoms with Crippen LogP contribution < -0.4 is 15.2 Å². The lowest BCUT2D eigenvalue weighted by Crippen LogP contribution is -2.45. The van der Waals surface area contributed by atoms with E-state index in [1.807, 2.05) is 30.0 Å². The Kier molecular flexibility index (Phi) is 5.66. The summed E-state index contributed by atoms with van der Waals surface area (Å²) in [4.78, 5) is 14.6. The molecule has 5 heteroatoms. The summed E-state index contributed by atoms with van der Waals surface area (Å²) in [6.07, 6.45) is 2.40. The number of ether oxygens (including phenoxy) is 2. The average Bonchev–Trinajstić information content (AvgIpc) is 2.55. The molecule has 1 heterocycles. The third-order valence-electron chi connectivity index (χ3n) is 4.41. The molecule has 2 unspecified atom stereocenters. The highest BCUT2D eigenvalue weighted by Crippen LogP contribution is 2.29. The Hall–Kier alpha value is -1.75. The van der Waals surface area contributed by atoms with Crippen molar-refractivity contribution in [2.45, 2.75) is 32.2 Å². The third kappa shape index (κ3) is 3.71. The number of piperidine rings is 1. The van der Waals surface area contributed by atoms with Gasteiger partial charge in [-0.3, -0.25) is 4.79 Å². The van der Waals surface area contributed by atoms with Crippen LogP contribution in [-0.2, 0) is 11.2 Å². The number of amides is 1. The molecule has 22 heavy (non-hydrogen) atoms. The maximum Gasteiger partial charge on any atom is 0.227 e. The molecule has 1 aromatic rings. The molecule has 1 amide bonds. The van der Waals surface area contributed by atoms with Gasteiger partial charge < -0.3 is 20.1 Å². The molecule has 0 saturated carbocycles. The van der Waals surface area contributed by atoms with E-state index in [1.165, 1.54) is 0 Å². The Bertz CT molecular complexity index is 494. The van der Waals surface area contributed by atoms with Crippen molar-refractivity contribution in [2.75, 3.05) is 27.3 Å². The number of rotatable bonds is 5. The molecule has 0 spiro atoms. The molecule has 2 rings (SSSR count). The lowest BCUT2D eigenvalue weighted by molar-refractivity contribution is -0.132. The van der Waals surface area contributed by atoms with Gasteiger partial charge in [0.1, 0.15) is 11.5 Å². The monoisotopic (exact) mass is 306 g/mol. The summed E-state index contributed by atoms with van der Waals surface area (Å²) >= 11 is 0. The van der Waals surface area contributed by atoms with Gasteiger partial charge >= 0.3 is 0 Å². The van der Waals surface area contributed by atoms with Crippen LogP contribution in [0.1, 0.15) is 25.3 Å². The predicted octanol–water partition coefficient (Wildman–Crippen LogP) is 1.83. The van der Waals surface area contributed by atoms with Gasteiger partial charge in [-0.25, -0.2) is 0 Å². The smallest absolute Gasteiger partial charge is 0.227 e. The van der Waals surface area contributed by atoms with Crippen molar-refractivity contribution < 1.29 is 14.3 Å². The number of hydrogen-bond donors (Lipinski definition) is 1. The first-order chi connectivity index (χ1) is 10.6. The standard InChI is InChI=1S/C17H26N2O3/c1-12(18)13-6-5-9-19(11-13)17(20)10-14-15(21-2)7-4-8-16(14)22-3/h4,7-8,12-13H,5-6,9-11,18H2,1-3H3. The van der Waals surface area contributed by atoms with E-state index in [4.69, 9.17) is 15.2 Å². The van der Waals surface area contributed by atoms with Crippen LogP contribution >= 0.6 is 0 Å². The molecule has 1 aromatic carbocycles. The van der Waals surface area contributed by atoms with Gasteiger partial charge in [0.25, 0.3) is 0 Å². The van der Waals surface area contributed by atoms with E-state index in [-0.39, 0.29) is 11.9 Å². The minimum atomic E-state index is 0.105. The van der Waals surface area contributed by atoms with Gasteiger partial charge in [0.15, 0.2) is 0 Å². The third-order valence-corrected chi connectivity index (χ3v) is 4.41. The summed E-state index contributed by atoms with van der Waals surface area (Å²) in [6.45, 7) is 3.56. The zero-order valence-electron chi connectivity index (χ0n) is 13.7. The quantitative estimate of drug-likeness (QED) is 0.901. The number of benzene rings is 1. The van der Waals surface area contributed by atoms with Crippen molar-refractivity contribution >= 4 is 5.91 Å². The van der Waals surface area contributed by atoms with Crippen LogP contribution in [0.15, 0.2) is 18.2 Å². The number of carbonyl (C=O) groups excluding carboxylic acids is 1. The Labute approximate surface area is 132 Å². The van der Waals surface area contributed by atoms with Gasteiger partial charge in [-0.15, -0.1) is 0 Å². The van der Waals surface area contributed by atoms with Gasteiger partial charge in [-0.2, -0.15) is 0 Å². The number of hydrogen-bond acceptors (Lipinski definition) is 4. The fourth-order valence-corrected chi connectivity index (χ4v) is 3.03. The zero-order chi connectivity index (χ0) is 16.1. The van der Waals surface area contributed by atoms with Crippen LogP contribution in [0.2, 0.25) is 0 Å². The van der Waals surface area contributed by atoms with Crippen LogP contribution in [0.5, 0.6) is 11.5 Å². The van der Waals surface area contributed by atoms with Gasteiger partial charge in [-0.1, -0.05) is 6.07 Å². The molecule has 1 saturated heterocycles. The highest BCUT2D eigenvalue weighted by Gasteiger charge is 2.27.